The first-order valence-electron chi connectivity index (χ1n) is 10.8. The zero-order chi connectivity index (χ0) is 21.7. The summed E-state index contributed by atoms with van der Waals surface area (Å²) in [7, 11) is 0. The van der Waals surface area contributed by atoms with Gasteiger partial charge in [-0.3, -0.25) is 9.59 Å². The molecule has 4 rings (SSSR count). The third kappa shape index (κ3) is 4.69. The van der Waals surface area contributed by atoms with Crippen LogP contribution in [0.3, 0.4) is 0 Å². The SMILES string of the molecule is NC(=O)[C@H](CC1CC1)NC(=O)CC(c1ccccc1)(c1ccccc1)c1ccccc1. The fourth-order valence-electron chi connectivity index (χ4n) is 4.39. The number of benzene rings is 3. The second-order valence-electron chi connectivity index (χ2n) is 8.38. The normalized spacial score (nSPS) is 14.6. The number of carbonyl (C=O) groups is 2. The Kier molecular flexibility index (Phi) is 6.17. The highest BCUT2D eigenvalue weighted by Crippen LogP contribution is 2.42. The Bertz CT molecular complexity index is 918. The van der Waals surface area contributed by atoms with Crippen LogP contribution in [-0.2, 0) is 15.0 Å². The molecule has 3 N–H and O–H groups in total. The van der Waals surface area contributed by atoms with Crippen molar-refractivity contribution in [3.8, 4) is 0 Å². The summed E-state index contributed by atoms with van der Waals surface area (Å²) >= 11 is 0. The number of hydrogen-bond donors (Lipinski definition) is 2. The molecule has 3 aromatic rings. The molecule has 158 valence electrons. The van der Waals surface area contributed by atoms with Gasteiger partial charge in [0.1, 0.15) is 6.04 Å². The predicted octanol–water partition coefficient (Wildman–Crippen LogP) is 4.18. The molecule has 31 heavy (non-hydrogen) atoms. The molecule has 0 heterocycles. The summed E-state index contributed by atoms with van der Waals surface area (Å²) in [5.41, 5.74) is 8.00. The van der Waals surface area contributed by atoms with Crippen molar-refractivity contribution in [2.24, 2.45) is 11.7 Å². The summed E-state index contributed by atoms with van der Waals surface area (Å²) in [6, 6.07) is 29.6. The molecule has 2 amide bonds. The molecule has 0 aliphatic heterocycles. The van der Waals surface area contributed by atoms with E-state index in [0.29, 0.717) is 12.3 Å². The second-order valence-corrected chi connectivity index (χ2v) is 8.38. The van der Waals surface area contributed by atoms with E-state index in [-0.39, 0.29) is 12.3 Å². The summed E-state index contributed by atoms with van der Waals surface area (Å²) in [5, 5.41) is 2.94. The second kappa shape index (κ2) is 9.17. The van der Waals surface area contributed by atoms with Crippen molar-refractivity contribution in [1.82, 2.24) is 5.32 Å². The summed E-state index contributed by atoms with van der Waals surface area (Å²) in [4.78, 5) is 25.4. The quantitative estimate of drug-likeness (QED) is 0.518. The van der Waals surface area contributed by atoms with Gasteiger partial charge in [-0.15, -0.1) is 0 Å². The van der Waals surface area contributed by atoms with Crippen LogP contribution >= 0.6 is 0 Å². The minimum Gasteiger partial charge on any atom is -0.368 e. The Morgan fingerprint density at radius 3 is 1.58 bits per heavy atom. The summed E-state index contributed by atoms with van der Waals surface area (Å²) < 4.78 is 0. The fraction of sp³-hybridized carbons (Fsp3) is 0.259. The van der Waals surface area contributed by atoms with Crippen LogP contribution in [0.15, 0.2) is 91.0 Å². The summed E-state index contributed by atoms with van der Waals surface area (Å²) in [5.74, 6) is -0.161. The lowest BCUT2D eigenvalue weighted by atomic mass is 9.67. The van der Waals surface area contributed by atoms with E-state index in [1.807, 2.05) is 54.6 Å². The molecule has 4 nitrogen and oxygen atoms in total. The van der Waals surface area contributed by atoms with Gasteiger partial charge in [-0.05, 0) is 29.0 Å². The van der Waals surface area contributed by atoms with E-state index in [9.17, 15) is 9.59 Å². The lowest BCUT2D eigenvalue weighted by Crippen LogP contribution is -2.47. The first-order chi connectivity index (χ1) is 15.1. The number of primary amides is 1. The van der Waals surface area contributed by atoms with Gasteiger partial charge in [-0.25, -0.2) is 0 Å². The minimum absolute atomic E-state index is 0.180. The molecule has 0 saturated heterocycles. The molecule has 4 heteroatoms. The lowest BCUT2D eigenvalue weighted by Gasteiger charge is -2.36. The van der Waals surface area contributed by atoms with Gasteiger partial charge >= 0.3 is 0 Å². The summed E-state index contributed by atoms with van der Waals surface area (Å²) in [6.45, 7) is 0. The van der Waals surface area contributed by atoms with E-state index < -0.39 is 17.4 Å². The van der Waals surface area contributed by atoms with Crippen LogP contribution in [0.2, 0.25) is 0 Å². The highest BCUT2D eigenvalue weighted by molar-refractivity contribution is 5.88. The summed E-state index contributed by atoms with van der Waals surface area (Å²) in [6.07, 6.45) is 3.00. The highest BCUT2D eigenvalue weighted by Gasteiger charge is 2.39. The molecule has 0 aromatic heterocycles. The van der Waals surface area contributed by atoms with Crippen LogP contribution in [0, 0.1) is 5.92 Å². The third-order valence-corrected chi connectivity index (χ3v) is 6.17. The van der Waals surface area contributed by atoms with Crippen LogP contribution < -0.4 is 11.1 Å². The lowest BCUT2D eigenvalue weighted by molar-refractivity contribution is -0.128. The van der Waals surface area contributed by atoms with Gasteiger partial charge in [-0.2, -0.15) is 0 Å². The molecule has 0 unspecified atom stereocenters. The van der Waals surface area contributed by atoms with Gasteiger partial charge in [0.25, 0.3) is 0 Å². The Morgan fingerprint density at radius 2 is 1.23 bits per heavy atom. The number of rotatable bonds is 9. The Hall–Kier alpha value is -3.40. The first-order valence-corrected chi connectivity index (χ1v) is 10.8. The molecule has 1 aliphatic rings. The fourth-order valence-corrected chi connectivity index (χ4v) is 4.39. The van der Waals surface area contributed by atoms with Gasteiger partial charge in [0.2, 0.25) is 11.8 Å². The van der Waals surface area contributed by atoms with Crippen molar-refractivity contribution >= 4 is 11.8 Å². The highest BCUT2D eigenvalue weighted by atomic mass is 16.2. The number of hydrogen-bond acceptors (Lipinski definition) is 2. The van der Waals surface area contributed by atoms with Crippen molar-refractivity contribution in [3.05, 3.63) is 108 Å². The van der Waals surface area contributed by atoms with Crippen LogP contribution in [0.5, 0.6) is 0 Å². The number of nitrogens with one attached hydrogen (secondary N) is 1. The van der Waals surface area contributed by atoms with Gasteiger partial charge in [0, 0.05) is 6.42 Å². The van der Waals surface area contributed by atoms with E-state index in [0.717, 1.165) is 29.5 Å². The minimum atomic E-state index is -0.685. The van der Waals surface area contributed by atoms with E-state index in [2.05, 4.69) is 41.7 Å². The van der Waals surface area contributed by atoms with Crippen molar-refractivity contribution in [1.29, 1.82) is 0 Å². The average Bonchev–Trinajstić information content (AvgIpc) is 3.63. The molecular weight excluding hydrogens is 384 g/mol. The molecule has 1 fully saturated rings. The maximum Gasteiger partial charge on any atom is 0.240 e. The van der Waals surface area contributed by atoms with Gasteiger partial charge in [0.05, 0.1) is 5.41 Å². The average molecular weight is 413 g/mol. The van der Waals surface area contributed by atoms with Gasteiger partial charge in [-0.1, -0.05) is 104 Å². The number of carbonyl (C=O) groups excluding carboxylic acids is 2. The van der Waals surface area contributed by atoms with Crippen LogP contribution in [0.4, 0.5) is 0 Å². The predicted molar refractivity (Wildman–Crippen MR) is 122 cm³/mol. The topological polar surface area (TPSA) is 72.2 Å². The Morgan fingerprint density at radius 1 is 0.806 bits per heavy atom. The van der Waals surface area contributed by atoms with Crippen LogP contribution in [0.1, 0.15) is 42.4 Å². The zero-order valence-corrected chi connectivity index (χ0v) is 17.5. The van der Waals surface area contributed by atoms with Crippen molar-refractivity contribution in [2.45, 2.75) is 37.1 Å². The smallest absolute Gasteiger partial charge is 0.240 e. The van der Waals surface area contributed by atoms with Crippen LogP contribution in [0.25, 0.3) is 0 Å². The van der Waals surface area contributed by atoms with Crippen molar-refractivity contribution < 1.29 is 9.59 Å². The van der Waals surface area contributed by atoms with E-state index in [1.54, 1.807) is 0 Å². The maximum atomic E-state index is 13.4. The van der Waals surface area contributed by atoms with Gasteiger partial charge in [0.15, 0.2) is 0 Å². The largest absolute Gasteiger partial charge is 0.368 e. The monoisotopic (exact) mass is 412 g/mol. The maximum absolute atomic E-state index is 13.4. The third-order valence-electron chi connectivity index (χ3n) is 6.17. The zero-order valence-electron chi connectivity index (χ0n) is 17.5. The molecule has 1 atom stereocenters. The van der Waals surface area contributed by atoms with E-state index >= 15 is 0 Å². The number of amides is 2. The van der Waals surface area contributed by atoms with Crippen molar-refractivity contribution in [2.75, 3.05) is 0 Å². The molecule has 0 radical (unpaired) electrons. The first kappa shape index (κ1) is 20.9. The molecule has 0 bridgehead atoms. The van der Waals surface area contributed by atoms with Crippen molar-refractivity contribution in [3.63, 3.8) is 0 Å². The molecule has 0 spiro atoms. The van der Waals surface area contributed by atoms with Crippen LogP contribution in [-0.4, -0.2) is 17.9 Å². The Balaban J connectivity index is 1.76. The number of nitrogens with two attached hydrogens (primary N) is 1. The molecular formula is C27H28N2O2. The molecule has 1 saturated carbocycles. The standard InChI is InChI=1S/C27H28N2O2/c28-26(31)24(18-20-16-17-20)29-25(30)19-27(21-10-4-1-5-11-21,22-12-6-2-7-13-22)23-14-8-3-9-15-23/h1-15,20,24H,16-19H2,(H2,28,31)(H,29,30)/t24-/m0/s1. The van der Waals surface area contributed by atoms with Gasteiger partial charge < -0.3 is 11.1 Å². The van der Waals surface area contributed by atoms with E-state index in [4.69, 9.17) is 5.73 Å². The Labute approximate surface area is 183 Å². The van der Waals surface area contributed by atoms with E-state index in [1.165, 1.54) is 0 Å². The molecule has 3 aromatic carbocycles. The molecule has 1 aliphatic carbocycles.